The molecule has 8 nitrogen and oxygen atoms in total. The molecule has 128 valence electrons. The Kier molecular flexibility index (Phi) is 4.63. The second kappa shape index (κ2) is 6.70. The average molecular weight is 350 g/mol. The minimum Gasteiger partial charge on any atom is -0.395 e. The second-order valence-electron chi connectivity index (χ2n) is 5.71. The Labute approximate surface area is 142 Å². The van der Waals surface area contributed by atoms with Crippen molar-refractivity contribution in [3.63, 3.8) is 0 Å². The molecule has 0 unspecified atom stereocenters. The zero-order valence-corrected chi connectivity index (χ0v) is 14.3. The monoisotopic (exact) mass is 350 g/mol. The molecule has 9 heteroatoms. The first-order valence-electron chi connectivity index (χ1n) is 7.63. The van der Waals surface area contributed by atoms with E-state index >= 15 is 0 Å². The molecule has 0 bridgehead atoms. The van der Waals surface area contributed by atoms with Crippen LogP contribution in [0.4, 0.5) is 5.88 Å². The molecule has 0 atom stereocenters. The Bertz CT molecular complexity index is 742. The first-order valence-corrected chi connectivity index (χ1v) is 8.44. The highest BCUT2D eigenvalue weighted by Crippen LogP contribution is 2.20. The number of nitrogens with zero attached hydrogens (tertiary/aromatic N) is 4. The summed E-state index contributed by atoms with van der Waals surface area (Å²) in [5.74, 6) is -0.698. The molecule has 3 heterocycles. The van der Waals surface area contributed by atoms with Crippen LogP contribution in [-0.2, 0) is 6.54 Å². The molecular weight excluding hydrogens is 332 g/mol. The molecule has 0 aliphatic carbocycles. The summed E-state index contributed by atoms with van der Waals surface area (Å²) < 4.78 is 4.99. The number of amides is 1. The van der Waals surface area contributed by atoms with Crippen molar-refractivity contribution in [2.24, 2.45) is 0 Å². The van der Waals surface area contributed by atoms with Gasteiger partial charge in [-0.2, -0.15) is 0 Å². The summed E-state index contributed by atoms with van der Waals surface area (Å²) in [6, 6.07) is 2.56. The van der Waals surface area contributed by atoms with Crippen LogP contribution in [0.25, 0.3) is 0 Å². The predicted octanol–water partition coefficient (Wildman–Crippen LogP) is 2.22. The highest BCUT2D eigenvalue weighted by molar-refractivity contribution is 7.11. The van der Waals surface area contributed by atoms with Gasteiger partial charge in [-0.15, -0.1) is 11.3 Å². The van der Waals surface area contributed by atoms with E-state index in [4.69, 9.17) is 4.42 Å². The fourth-order valence-electron chi connectivity index (χ4n) is 2.60. The first kappa shape index (κ1) is 16.6. The van der Waals surface area contributed by atoms with Gasteiger partial charge in [0.25, 0.3) is 5.91 Å². The summed E-state index contributed by atoms with van der Waals surface area (Å²) >= 11 is 1.71. The quantitative estimate of drug-likeness (QED) is 0.620. The third kappa shape index (κ3) is 3.46. The van der Waals surface area contributed by atoms with E-state index in [1.54, 1.807) is 16.2 Å². The molecule has 0 spiro atoms. The summed E-state index contributed by atoms with van der Waals surface area (Å²) in [6.07, 6.45) is 0. The van der Waals surface area contributed by atoms with Crippen LogP contribution in [0.2, 0.25) is 0 Å². The number of hydrogen-bond donors (Lipinski definition) is 0. The molecule has 3 rings (SSSR count). The van der Waals surface area contributed by atoms with Crippen molar-refractivity contribution in [1.82, 2.24) is 14.8 Å². The van der Waals surface area contributed by atoms with E-state index in [9.17, 15) is 14.9 Å². The molecule has 1 amide bonds. The van der Waals surface area contributed by atoms with E-state index in [-0.39, 0.29) is 11.7 Å². The molecule has 1 aliphatic rings. The highest BCUT2D eigenvalue weighted by atomic mass is 32.1. The molecule has 0 aromatic carbocycles. The van der Waals surface area contributed by atoms with Crippen LogP contribution in [-0.4, -0.2) is 51.8 Å². The van der Waals surface area contributed by atoms with Crippen LogP contribution >= 0.6 is 11.3 Å². The van der Waals surface area contributed by atoms with Gasteiger partial charge in [-0.1, -0.05) is 0 Å². The van der Waals surface area contributed by atoms with Crippen molar-refractivity contribution in [2.75, 3.05) is 26.2 Å². The molecule has 0 radical (unpaired) electrons. The molecular formula is C15H18N4O4S. The normalized spacial score (nSPS) is 15.7. The summed E-state index contributed by atoms with van der Waals surface area (Å²) in [6.45, 7) is 7.48. The van der Waals surface area contributed by atoms with Crippen LogP contribution in [0.1, 0.15) is 26.1 Å². The molecule has 1 aliphatic heterocycles. The first-order chi connectivity index (χ1) is 11.4. The van der Waals surface area contributed by atoms with Gasteiger partial charge >= 0.3 is 5.88 Å². The topological polar surface area (TPSA) is 92.7 Å². The number of thiazole rings is 1. The Morgan fingerprint density at radius 2 is 2.04 bits per heavy atom. The number of aryl methyl sites for hydroxylation is 2. The molecule has 2 aromatic heterocycles. The Balaban J connectivity index is 1.56. The summed E-state index contributed by atoms with van der Waals surface area (Å²) in [4.78, 5) is 32.0. The van der Waals surface area contributed by atoms with Crippen molar-refractivity contribution < 1.29 is 14.1 Å². The van der Waals surface area contributed by atoms with Crippen LogP contribution in [0, 0.1) is 24.0 Å². The molecule has 1 fully saturated rings. The van der Waals surface area contributed by atoms with Crippen molar-refractivity contribution in [3.8, 4) is 0 Å². The lowest BCUT2D eigenvalue weighted by molar-refractivity contribution is -0.402. The Morgan fingerprint density at radius 3 is 2.58 bits per heavy atom. The molecule has 24 heavy (non-hydrogen) atoms. The maximum Gasteiger partial charge on any atom is 0.433 e. The zero-order chi connectivity index (χ0) is 17.3. The van der Waals surface area contributed by atoms with E-state index in [1.807, 2.05) is 6.92 Å². The van der Waals surface area contributed by atoms with Gasteiger partial charge in [-0.25, -0.2) is 4.98 Å². The van der Waals surface area contributed by atoms with Gasteiger partial charge in [0.2, 0.25) is 0 Å². The molecule has 1 saturated heterocycles. The highest BCUT2D eigenvalue weighted by Gasteiger charge is 2.26. The van der Waals surface area contributed by atoms with E-state index in [2.05, 4.69) is 16.8 Å². The number of nitro groups is 1. The van der Waals surface area contributed by atoms with Gasteiger partial charge < -0.3 is 9.32 Å². The zero-order valence-electron chi connectivity index (χ0n) is 13.5. The minimum atomic E-state index is -0.646. The lowest BCUT2D eigenvalue weighted by atomic mass is 10.3. The second-order valence-corrected chi connectivity index (χ2v) is 7.00. The van der Waals surface area contributed by atoms with Crippen LogP contribution in [0.3, 0.4) is 0 Å². The van der Waals surface area contributed by atoms with Gasteiger partial charge in [0.15, 0.2) is 5.76 Å². The van der Waals surface area contributed by atoms with Crippen molar-refractivity contribution in [1.29, 1.82) is 0 Å². The third-order valence-electron chi connectivity index (χ3n) is 4.07. The Hall–Kier alpha value is -2.26. The number of aromatic nitrogens is 1. The smallest absolute Gasteiger partial charge is 0.395 e. The average Bonchev–Trinajstić information content (AvgIpc) is 3.15. The SMILES string of the molecule is Cc1nc(CN2CCN(C(=O)c3ccc([N+](=O)[O-])o3)CC2)sc1C. The molecule has 0 N–H and O–H groups in total. The number of rotatable bonds is 4. The van der Waals surface area contributed by atoms with Gasteiger partial charge in [0.1, 0.15) is 9.93 Å². The number of furan rings is 1. The van der Waals surface area contributed by atoms with Crippen molar-refractivity contribution in [2.45, 2.75) is 20.4 Å². The van der Waals surface area contributed by atoms with E-state index in [0.29, 0.717) is 13.1 Å². The van der Waals surface area contributed by atoms with Gasteiger partial charge in [0, 0.05) is 31.1 Å². The van der Waals surface area contributed by atoms with Gasteiger partial charge in [0.05, 0.1) is 18.3 Å². The fourth-order valence-corrected chi connectivity index (χ4v) is 3.58. The maximum atomic E-state index is 12.3. The maximum absolute atomic E-state index is 12.3. The largest absolute Gasteiger partial charge is 0.433 e. The third-order valence-corrected chi connectivity index (χ3v) is 5.13. The Morgan fingerprint density at radius 1 is 1.33 bits per heavy atom. The number of hydrogen-bond acceptors (Lipinski definition) is 7. The minimum absolute atomic E-state index is 0.0151. The number of carbonyl (C=O) groups excluding carboxylic acids is 1. The van der Waals surface area contributed by atoms with E-state index in [1.165, 1.54) is 17.0 Å². The van der Waals surface area contributed by atoms with E-state index in [0.717, 1.165) is 30.3 Å². The summed E-state index contributed by atoms with van der Waals surface area (Å²) in [7, 11) is 0. The van der Waals surface area contributed by atoms with Crippen LogP contribution in [0.15, 0.2) is 16.5 Å². The van der Waals surface area contributed by atoms with Gasteiger partial charge in [-0.05, 0) is 19.9 Å². The predicted molar refractivity (Wildman–Crippen MR) is 88.1 cm³/mol. The van der Waals surface area contributed by atoms with Crippen LogP contribution < -0.4 is 0 Å². The number of carbonyl (C=O) groups is 1. The molecule has 0 saturated carbocycles. The standard InChI is InChI=1S/C15H18N4O4S/c1-10-11(2)24-13(16-10)9-17-5-7-18(8-6-17)15(20)12-3-4-14(23-12)19(21)22/h3-4H,5-9H2,1-2H3. The fraction of sp³-hybridized carbons (Fsp3) is 0.467. The summed E-state index contributed by atoms with van der Waals surface area (Å²) in [5, 5.41) is 11.7. The lowest BCUT2D eigenvalue weighted by Crippen LogP contribution is -2.48. The van der Waals surface area contributed by atoms with Crippen LogP contribution in [0.5, 0.6) is 0 Å². The lowest BCUT2D eigenvalue weighted by Gasteiger charge is -2.33. The molecule has 2 aromatic rings. The van der Waals surface area contributed by atoms with E-state index < -0.39 is 10.8 Å². The summed E-state index contributed by atoms with van der Waals surface area (Å²) in [5.41, 5.74) is 1.07. The van der Waals surface area contributed by atoms with Crippen molar-refractivity contribution in [3.05, 3.63) is 43.6 Å². The van der Waals surface area contributed by atoms with Gasteiger partial charge in [-0.3, -0.25) is 19.8 Å². The number of piperazine rings is 1. The van der Waals surface area contributed by atoms with Crippen molar-refractivity contribution >= 4 is 23.1 Å².